The van der Waals surface area contributed by atoms with Gasteiger partial charge in [0.1, 0.15) is 5.84 Å². The molecule has 2 aliphatic heterocycles. The smallest absolute Gasteiger partial charge is 0.107 e. The van der Waals surface area contributed by atoms with E-state index in [9.17, 15) is 0 Å². The van der Waals surface area contributed by atoms with Gasteiger partial charge in [-0.3, -0.25) is 0 Å². The van der Waals surface area contributed by atoms with Gasteiger partial charge in [0.05, 0.1) is 6.04 Å². The predicted molar refractivity (Wildman–Crippen MR) is 61.7 cm³/mol. The molecule has 2 nitrogen and oxygen atoms in total. The number of aliphatic imine (C=N–C) groups is 1. The van der Waals surface area contributed by atoms with Gasteiger partial charge < -0.3 is 4.90 Å². The zero-order valence-corrected chi connectivity index (χ0v) is 8.80. The summed E-state index contributed by atoms with van der Waals surface area (Å²) in [6, 6.07) is 11.7. The molecule has 0 saturated carbocycles. The second-order valence-electron chi connectivity index (χ2n) is 4.17. The SMILES string of the molecule is C[C@@H]1C=CN=C2C[C@@H](c3ccccc3)N21. The highest BCUT2D eigenvalue weighted by Gasteiger charge is 2.38. The molecule has 1 aromatic carbocycles. The summed E-state index contributed by atoms with van der Waals surface area (Å²) in [7, 11) is 0. The van der Waals surface area contributed by atoms with Gasteiger partial charge in [-0.2, -0.15) is 0 Å². The lowest BCUT2D eigenvalue weighted by atomic mass is 9.90. The topological polar surface area (TPSA) is 15.6 Å². The highest BCUT2D eigenvalue weighted by Crippen LogP contribution is 2.38. The first-order valence-electron chi connectivity index (χ1n) is 5.43. The molecule has 3 rings (SSSR count). The van der Waals surface area contributed by atoms with Gasteiger partial charge in [0.2, 0.25) is 0 Å². The molecule has 0 unspecified atom stereocenters. The van der Waals surface area contributed by atoms with E-state index in [1.807, 2.05) is 6.20 Å². The van der Waals surface area contributed by atoms with Gasteiger partial charge in [-0.05, 0) is 18.6 Å². The minimum Gasteiger partial charge on any atom is -0.346 e. The molecule has 2 atom stereocenters. The molecular formula is C13H14N2. The van der Waals surface area contributed by atoms with Crippen molar-refractivity contribution in [2.45, 2.75) is 25.4 Å². The molecule has 1 saturated heterocycles. The fraction of sp³-hybridized carbons (Fsp3) is 0.308. The Hall–Kier alpha value is -1.57. The van der Waals surface area contributed by atoms with Crippen molar-refractivity contribution >= 4 is 5.84 Å². The van der Waals surface area contributed by atoms with E-state index in [1.165, 1.54) is 11.4 Å². The summed E-state index contributed by atoms with van der Waals surface area (Å²) in [5.74, 6) is 1.24. The molecule has 15 heavy (non-hydrogen) atoms. The number of fused-ring (bicyclic) bond motifs is 1. The summed E-state index contributed by atoms with van der Waals surface area (Å²) in [5.41, 5.74) is 1.40. The van der Waals surface area contributed by atoms with Gasteiger partial charge in [-0.25, -0.2) is 4.99 Å². The number of benzene rings is 1. The highest BCUT2D eigenvalue weighted by atomic mass is 15.3. The van der Waals surface area contributed by atoms with E-state index in [0.29, 0.717) is 12.1 Å². The molecule has 0 aliphatic carbocycles. The maximum atomic E-state index is 4.39. The third-order valence-electron chi connectivity index (χ3n) is 3.22. The molecule has 1 aromatic rings. The molecule has 2 heterocycles. The van der Waals surface area contributed by atoms with Crippen LogP contribution in [0.3, 0.4) is 0 Å². The molecule has 0 spiro atoms. The molecule has 1 fully saturated rings. The molecule has 0 N–H and O–H groups in total. The Morgan fingerprint density at radius 1 is 1.27 bits per heavy atom. The average molecular weight is 198 g/mol. The van der Waals surface area contributed by atoms with Gasteiger partial charge in [0, 0.05) is 18.7 Å². The van der Waals surface area contributed by atoms with Gasteiger partial charge >= 0.3 is 0 Å². The zero-order valence-electron chi connectivity index (χ0n) is 8.80. The van der Waals surface area contributed by atoms with Crippen molar-refractivity contribution in [3.8, 4) is 0 Å². The summed E-state index contributed by atoms with van der Waals surface area (Å²) < 4.78 is 0. The summed E-state index contributed by atoms with van der Waals surface area (Å²) in [6.45, 7) is 2.22. The van der Waals surface area contributed by atoms with E-state index in [0.717, 1.165) is 6.42 Å². The van der Waals surface area contributed by atoms with Crippen molar-refractivity contribution < 1.29 is 0 Å². The van der Waals surface area contributed by atoms with Crippen LogP contribution < -0.4 is 0 Å². The second kappa shape index (κ2) is 3.23. The van der Waals surface area contributed by atoms with Crippen LogP contribution in [0.4, 0.5) is 0 Å². The fourth-order valence-electron chi connectivity index (χ4n) is 2.38. The third-order valence-corrected chi connectivity index (χ3v) is 3.22. The van der Waals surface area contributed by atoms with Crippen LogP contribution in [0.1, 0.15) is 24.9 Å². The van der Waals surface area contributed by atoms with Crippen LogP contribution in [0, 0.1) is 0 Å². The average Bonchev–Trinajstić information content (AvgIpc) is 2.22. The van der Waals surface area contributed by atoms with Crippen LogP contribution in [0.15, 0.2) is 47.6 Å². The van der Waals surface area contributed by atoms with Crippen LogP contribution in [-0.4, -0.2) is 16.8 Å². The van der Waals surface area contributed by atoms with E-state index in [-0.39, 0.29) is 0 Å². The number of amidine groups is 1. The normalized spacial score (nSPS) is 28.1. The van der Waals surface area contributed by atoms with Gasteiger partial charge in [0.25, 0.3) is 0 Å². The van der Waals surface area contributed by atoms with Crippen molar-refractivity contribution in [1.29, 1.82) is 0 Å². The van der Waals surface area contributed by atoms with Crippen LogP contribution >= 0.6 is 0 Å². The number of rotatable bonds is 1. The van der Waals surface area contributed by atoms with Gasteiger partial charge in [-0.15, -0.1) is 0 Å². The fourth-order valence-corrected chi connectivity index (χ4v) is 2.38. The highest BCUT2D eigenvalue weighted by molar-refractivity contribution is 5.90. The Kier molecular flexibility index (Phi) is 1.88. The maximum absolute atomic E-state index is 4.39. The molecule has 0 bridgehead atoms. The lowest BCUT2D eigenvalue weighted by Crippen LogP contribution is -2.51. The van der Waals surface area contributed by atoms with Crippen LogP contribution in [0.2, 0.25) is 0 Å². The minimum absolute atomic E-state index is 0.483. The zero-order chi connectivity index (χ0) is 10.3. The summed E-state index contributed by atoms with van der Waals surface area (Å²) in [6.07, 6.45) is 5.16. The van der Waals surface area contributed by atoms with Crippen molar-refractivity contribution in [3.05, 3.63) is 48.2 Å². The number of hydrogen-bond donors (Lipinski definition) is 0. The summed E-state index contributed by atoms with van der Waals surface area (Å²) in [5, 5.41) is 0. The van der Waals surface area contributed by atoms with E-state index < -0.39 is 0 Å². The van der Waals surface area contributed by atoms with Crippen molar-refractivity contribution in [2.24, 2.45) is 4.99 Å². The summed E-state index contributed by atoms with van der Waals surface area (Å²) in [4.78, 5) is 6.78. The molecular weight excluding hydrogens is 184 g/mol. The molecule has 2 heteroatoms. The van der Waals surface area contributed by atoms with Crippen molar-refractivity contribution in [3.63, 3.8) is 0 Å². The van der Waals surface area contributed by atoms with Gasteiger partial charge in [-0.1, -0.05) is 30.3 Å². The Bertz CT molecular complexity index is 419. The number of nitrogens with zero attached hydrogens (tertiary/aromatic N) is 2. The van der Waals surface area contributed by atoms with E-state index in [4.69, 9.17) is 0 Å². The first kappa shape index (κ1) is 8.72. The predicted octanol–water partition coefficient (Wildman–Crippen LogP) is 2.75. The van der Waals surface area contributed by atoms with E-state index in [2.05, 4.69) is 53.2 Å². The third kappa shape index (κ3) is 1.29. The first-order valence-corrected chi connectivity index (χ1v) is 5.43. The van der Waals surface area contributed by atoms with E-state index in [1.54, 1.807) is 0 Å². The van der Waals surface area contributed by atoms with Crippen LogP contribution in [0.25, 0.3) is 0 Å². The second-order valence-corrected chi connectivity index (χ2v) is 4.17. The Labute approximate surface area is 89.9 Å². The molecule has 76 valence electrons. The van der Waals surface area contributed by atoms with Crippen molar-refractivity contribution in [1.82, 2.24) is 4.90 Å². The summed E-state index contributed by atoms with van der Waals surface area (Å²) >= 11 is 0. The Balaban J connectivity index is 1.88. The van der Waals surface area contributed by atoms with Crippen LogP contribution in [0.5, 0.6) is 0 Å². The standard InChI is InChI=1S/C13H14N2/c1-10-7-8-14-13-9-12(15(10)13)11-5-3-2-4-6-11/h2-8,10,12H,9H2,1H3/t10-,12+/m1/s1. The monoisotopic (exact) mass is 198 g/mol. The Morgan fingerprint density at radius 3 is 2.80 bits per heavy atom. The maximum Gasteiger partial charge on any atom is 0.107 e. The molecule has 2 aliphatic rings. The molecule has 0 amide bonds. The largest absolute Gasteiger partial charge is 0.346 e. The number of hydrogen-bond acceptors (Lipinski definition) is 2. The molecule has 0 aromatic heterocycles. The van der Waals surface area contributed by atoms with Gasteiger partial charge in [0.15, 0.2) is 0 Å². The van der Waals surface area contributed by atoms with Crippen molar-refractivity contribution in [2.75, 3.05) is 0 Å². The quantitative estimate of drug-likeness (QED) is 0.677. The first-order chi connectivity index (χ1) is 7.36. The van der Waals surface area contributed by atoms with E-state index >= 15 is 0 Å². The lowest BCUT2D eigenvalue weighted by molar-refractivity contribution is 0.217. The molecule has 0 radical (unpaired) electrons. The minimum atomic E-state index is 0.483. The van der Waals surface area contributed by atoms with Crippen LogP contribution in [-0.2, 0) is 0 Å². The Morgan fingerprint density at radius 2 is 2.07 bits per heavy atom. The lowest BCUT2D eigenvalue weighted by Gasteiger charge is -2.48.